The van der Waals surface area contributed by atoms with Crippen molar-refractivity contribution in [3.8, 4) is 0 Å². The van der Waals surface area contributed by atoms with Crippen LogP contribution in [0, 0.1) is 18.8 Å². The molecule has 5 rings (SSSR count). The lowest BCUT2D eigenvalue weighted by Crippen LogP contribution is -2.58. The number of benzene rings is 2. The molecule has 228 valence electrons. The molecule has 3 amide bonds. The van der Waals surface area contributed by atoms with E-state index >= 15 is 4.79 Å². The van der Waals surface area contributed by atoms with E-state index in [0.29, 0.717) is 30.1 Å². The van der Waals surface area contributed by atoms with Crippen molar-refractivity contribution in [2.24, 2.45) is 11.8 Å². The Morgan fingerprint density at radius 3 is 2.49 bits per heavy atom. The third kappa shape index (κ3) is 5.36. The Morgan fingerprint density at radius 2 is 1.86 bits per heavy atom. The van der Waals surface area contributed by atoms with Gasteiger partial charge in [0.05, 0.1) is 39.9 Å². The van der Waals surface area contributed by atoms with Crippen molar-refractivity contribution < 1.29 is 19.5 Å². The number of aliphatic hydroxyl groups excluding tert-OH is 1. The number of rotatable bonds is 11. The van der Waals surface area contributed by atoms with Gasteiger partial charge in [-0.1, -0.05) is 82.1 Å². The van der Waals surface area contributed by atoms with Crippen LogP contribution in [0.2, 0.25) is 5.02 Å². The van der Waals surface area contributed by atoms with Gasteiger partial charge in [0.2, 0.25) is 11.8 Å². The van der Waals surface area contributed by atoms with E-state index in [4.69, 9.17) is 11.6 Å². The summed E-state index contributed by atoms with van der Waals surface area (Å²) >= 11 is 12.1. The quantitative estimate of drug-likeness (QED) is 0.269. The summed E-state index contributed by atoms with van der Waals surface area (Å²) in [6.45, 7) is 9.77. The molecular formula is C33H37BrClN3O4S. The molecule has 3 heterocycles. The van der Waals surface area contributed by atoms with Crippen LogP contribution in [0.5, 0.6) is 0 Å². The molecule has 3 saturated heterocycles. The van der Waals surface area contributed by atoms with Gasteiger partial charge in [0.15, 0.2) is 0 Å². The summed E-state index contributed by atoms with van der Waals surface area (Å²) in [7, 11) is 1.72. The Labute approximate surface area is 271 Å². The van der Waals surface area contributed by atoms with Crippen LogP contribution < -0.4 is 4.90 Å². The number of carbonyl (C=O) groups excluding carboxylic acids is 3. The number of halogens is 2. The maximum absolute atomic E-state index is 15.0. The van der Waals surface area contributed by atoms with Gasteiger partial charge >= 0.3 is 0 Å². The number of hydrogen-bond acceptors (Lipinski definition) is 5. The zero-order valence-electron chi connectivity index (χ0n) is 24.4. The molecule has 1 N–H and O–H groups in total. The van der Waals surface area contributed by atoms with Crippen molar-refractivity contribution in [2.45, 2.75) is 46.7 Å². The van der Waals surface area contributed by atoms with Crippen molar-refractivity contribution >= 4 is 62.7 Å². The molecule has 43 heavy (non-hydrogen) atoms. The lowest BCUT2D eigenvalue weighted by molar-refractivity contribution is -0.144. The molecule has 0 aliphatic carbocycles. The summed E-state index contributed by atoms with van der Waals surface area (Å²) in [5.41, 5.74) is 2.32. The molecule has 0 aromatic heterocycles. The summed E-state index contributed by atoms with van der Waals surface area (Å²) in [5, 5.41) is 11.0. The summed E-state index contributed by atoms with van der Waals surface area (Å²) in [6, 6.07) is 13.5. The van der Waals surface area contributed by atoms with E-state index in [-0.39, 0.29) is 41.0 Å². The lowest BCUT2D eigenvalue weighted by Gasteiger charge is -2.40. The van der Waals surface area contributed by atoms with Gasteiger partial charge in [0.25, 0.3) is 5.91 Å². The first-order chi connectivity index (χ1) is 20.6. The number of likely N-dealkylation sites (N-methyl/N-ethyl adjacent to an activating group) is 1. The summed E-state index contributed by atoms with van der Waals surface area (Å²) in [4.78, 5) is 48.4. The number of alkyl halides is 1. The largest absolute Gasteiger partial charge is 0.394 e. The minimum atomic E-state index is -0.931. The standard InChI is InChI=1S/C33H37BrClN3O4S/c1-5-15-36(4)30(40)25-26-31(41)38(22(19-39)17-21-12-8-7-9-13-21)29(33(26)18-23(34)28(25)43-33)32(42)37(16-6-2)27-20(3)11-10-14-24(27)35/h5-14,22-23,25-26,28-29,39H,1-2,15-19H2,3-4H3/t22-,23?,25+,26+,28+,29?,33?/m1/s1. The van der Waals surface area contributed by atoms with Gasteiger partial charge in [-0.25, -0.2) is 0 Å². The number of likely N-dealkylation sites (tertiary alicyclic amines) is 1. The number of amides is 3. The highest BCUT2D eigenvalue weighted by molar-refractivity contribution is 9.09. The molecule has 3 fully saturated rings. The monoisotopic (exact) mass is 685 g/mol. The summed E-state index contributed by atoms with van der Waals surface area (Å²) in [6.07, 6.45) is 4.21. The fraction of sp³-hybridized carbons (Fsp3) is 0.424. The summed E-state index contributed by atoms with van der Waals surface area (Å²) < 4.78 is -0.874. The number of anilines is 1. The van der Waals surface area contributed by atoms with Crippen LogP contribution in [0.1, 0.15) is 17.5 Å². The normalized spacial score (nSPS) is 28.0. The third-order valence-electron chi connectivity index (χ3n) is 8.98. The number of carbonyl (C=O) groups is 3. The first-order valence-electron chi connectivity index (χ1n) is 14.4. The molecule has 3 unspecified atom stereocenters. The molecule has 7 atom stereocenters. The molecule has 2 bridgehead atoms. The molecule has 2 aromatic carbocycles. The second-order valence-electron chi connectivity index (χ2n) is 11.6. The van der Waals surface area contributed by atoms with Crippen LogP contribution in [-0.2, 0) is 20.8 Å². The maximum Gasteiger partial charge on any atom is 0.251 e. The highest BCUT2D eigenvalue weighted by Crippen LogP contribution is 2.68. The van der Waals surface area contributed by atoms with E-state index in [0.717, 1.165) is 11.1 Å². The second-order valence-corrected chi connectivity index (χ2v) is 14.7. The van der Waals surface area contributed by atoms with Crippen molar-refractivity contribution in [2.75, 3.05) is 31.6 Å². The number of para-hydroxylation sites is 1. The summed E-state index contributed by atoms with van der Waals surface area (Å²) in [5.74, 6) is -2.02. The minimum Gasteiger partial charge on any atom is -0.394 e. The van der Waals surface area contributed by atoms with Gasteiger partial charge in [-0.2, -0.15) is 0 Å². The number of fused-ring (bicyclic) bond motifs is 1. The highest BCUT2D eigenvalue weighted by atomic mass is 79.9. The predicted molar refractivity (Wildman–Crippen MR) is 177 cm³/mol. The number of thioether (sulfide) groups is 1. The molecular weight excluding hydrogens is 650 g/mol. The van der Waals surface area contributed by atoms with Crippen molar-refractivity contribution in [1.29, 1.82) is 0 Å². The molecule has 10 heteroatoms. The number of aliphatic hydroxyl groups is 1. The fourth-order valence-electron chi connectivity index (χ4n) is 7.23. The van der Waals surface area contributed by atoms with E-state index in [2.05, 4.69) is 29.1 Å². The first-order valence-corrected chi connectivity index (χ1v) is 16.6. The molecule has 3 aliphatic rings. The van der Waals surface area contributed by atoms with Gasteiger partial charge in [-0.05, 0) is 37.0 Å². The number of nitrogens with zero attached hydrogens (tertiary/aromatic N) is 3. The molecule has 1 spiro atoms. The lowest BCUT2D eigenvalue weighted by atomic mass is 9.70. The molecule has 2 aromatic rings. The van der Waals surface area contributed by atoms with Crippen LogP contribution in [0.3, 0.4) is 0 Å². The first kappa shape index (κ1) is 31.8. The topological polar surface area (TPSA) is 81.2 Å². The predicted octanol–water partition coefficient (Wildman–Crippen LogP) is 4.88. The van der Waals surface area contributed by atoms with Gasteiger partial charge in [-0.3, -0.25) is 14.4 Å². The molecule has 0 radical (unpaired) electrons. The van der Waals surface area contributed by atoms with Gasteiger partial charge < -0.3 is 19.8 Å². The highest BCUT2D eigenvalue weighted by Gasteiger charge is 2.76. The van der Waals surface area contributed by atoms with Crippen LogP contribution in [-0.4, -0.2) is 86.3 Å². The van der Waals surface area contributed by atoms with Crippen molar-refractivity contribution in [3.05, 3.63) is 90.0 Å². The van der Waals surface area contributed by atoms with Gasteiger partial charge in [0.1, 0.15) is 6.04 Å². The van der Waals surface area contributed by atoms with E-state index in [9.17, 15) is 14.7 Å². The second kappa shape index (κ2) is 12.8. The Balaban J connectivity index is 1.66. The third-order valence-corrected chi connectivity index (χ3v) is 12.5. The van der Waals surface area contributed by atoms with Crippen molar-refractivity contribution in [1.82, 2.24) is 9.80 Å². The van der Waals surface area contributed by atoms with Crippen LogP contribution in [0.4, 0.5) is 5.69 Å². The zero-order valence-corrected chi connectivity index (χ0v) is 27.5. The Kier molecular flexibility index (Phi) is 9.47. The maximum atomic E-state index is 15.0. The Hall–Kier alpha value is -2.59. The number of aryl methyl sites for hydroxylation is 1. The number of hydrogen-bond donors (Lipinski definition) is 1. The molecule has 7 nitrogen and oxygen atoms in total. The smallest absolute Gasteiger partial charge is 0.251 e. The average Bonchev–Trinajstić information content (AvgIpc) is 3.58. The Morgan fingerprint density at radius 1 is 1.16 bits per heavy atom. The van der Waals surface area contributed by atoms with Crippen LogP contribution >= 0.6 is 39.3 Å². The van der Waals surface area contributed by atoms with Crippen LogP contribution in [0.25, 0.3) is 0 Å². The SMILES string of the molecule is C=CCN(C)C(=O)[C@H]1[C@H]2C(=O)N([C@@H](CO)Cc3ccccc3)C(C(=O)N(CC=C)c3c(C)cccc3Cl)C23CC(Br)[C@@H]1S3. The van der Waals surface area contributed by atoms with Gasteiger partial charge in [-0.15, -0.1) is 24.9 Å². The van der Waals surface area contributed by atoms with E-state index in [1.54, 1.807) is 51.7 Å². The van der Waals surface area contributed by atoms with E-state index in [1.807, 2.05) is 49.4 Å². The van der Waals surface area contributed by atoms with E-state index in [1.165, 1.54) is 0 Å². The van der Waals surface area contributed by atoms with E-state index < -0.39 is 28.7 Å². The minimum absolute atomic E-state index is 0.0699. The van der Waals surface area contributed by atoms with Crippen molar-refractivity contribution in [3.63, 3.8) is 0 Å². The zero-order chi connectivity index (χ0) is 31.1. The molecule has 3 aliphatic heterocycles. The Bertz CT molecular complexity index is 1410. The van der Waals surface area contributed by atoms with Gasteiger partial charge in [0, 0.05) is 30.2 Å². The average molecular weight is 687 g/mol. The van der Waals surface area contributed by atoms with Crippen LogP contribution in [0.15, 0.2) is 73.8 Å². The fourth-order valence-corrected chi connectivity index (χ4v) is 11.1. The molecule has 0 saturated carbocycles.